The van der Waals surface area contributed by atoms with E-state index in [0.29, 0.717) is 28.3 Å². The number of aryl methyl sites for hydroxylation is 1. The molecule has 0 unspecified atom stereocenters. The largest absolute Gasteiger partial charge is 0.447 e. The number of nitrogens with one attached hydrogen (secondary N) is 2. The van der Waals surface area contributed by atoms with Crippen molar-refractivity contribution in [1.82, 2.24) is 14.7 Å². The summed E-state index contributed by atoms with van der Waals surface area (Å²) in [6, 6.07) is 4.69. The molecule has 40 heavy (non-hydrogen) atoms. The highest BCUT2D eigenvalue weighted by molar-refractivity contribution is 7.89. The third-order valence-corrected chi connectivity index (χ3v) is 9.40. The van der Waals surface area contributed by atoms with E-state index >= 15 is 0 Å². The number of cyclic esters (lactones) is 1. The van der Waals surface area contributed by atoms with Crippen LogP contribution in [0, 0.1) is 12.3 Å². The molecule has 3 heterocycles. The third kappa shape index (κ3) is 5.78. The van der Waals surface area contributed by atoms with Gasteiger partial charge in [0, 0.05) is 24.3 Å². The number of anilines is 3. The smallest absolute Gasteiger partial charge is 0.416 e. The molecule has 2 amide bonds. The Bertz CT molecular complexity index is 1450. The van der Waals surface area contributed by atoms with Gasteiger partial charge in [0.25, 0.3) is 5.91 Å². The van der Waals surface area contributed by atoms with Gasteiger partial charge in [0.15, 0.2) is 17.3 Å². The summed E-state index contributed by atoms with van der Waals surface area (Å²) in [6.07, 6.45) is 5.40. The standard InChI is InChI=1S/C28H38N6O5S/c1-18-13-19(15-20(14-18)40(37,38)32-26(2,3)4)30-24(35)22-23(33-11-9-28(7-8-28)10-12-33)31-21(16-29-22)34-25(36)39-17-27(34,5)6/h13-16,32H,7-12,17H2,1-6H3,(H,30,35). The van der Waals surface area contributed by atoms with E-state index in [1.165, 1.54) is 30.0 Å². The Hall–Kier alpha value is -3.25. The minimum atomic E-state index is -3.81. The van der Waals surface area contributed by atoms with E-state index in [0.717, 1.165) is 25.9 Å². The van der Waals surface area contributed by atoms with Crippen molar-refractivity contribution in [2.24, 2.45) is 5.41 Å². The van der Waals surface area contributed by atoms with Crippen molar-refractivity contribution in [3.05, 3.63) is 35.7 Å². The molecule has 5 rings (SSSR count). The molecule has 0 atom stereocenters. The molecule has 216 valence electrons. The lowest BCUT2D eigenvalue weighted by Gasteiger charge is -2.34. The molecule has 2 N–H and O–H groups in total. The van der Waals surface area contributed by atoms with Crippen LogP contribution in [0.4, 0.5) is 22.1 Å². The molecule has 0 radical (unpaired) electrons. The average molecular weight is 571 g/mol. The fourth-order valence-electron chi connectivity index (χ4n) is 5.37. The van der Waals surface area contributed by atoms with Crippen molar-refractivity contribution in [2.75, 3.05) is 34.8 Å². The molecule has 1 aromatic carbocycles. The molecule has 2 saturated heterocycles. The predicted octanol–water partition coefficient (Wildman–Crippen LogP) is 4.23. The summed E-state index contributed by atoms with van der Waals surface area (Å²) in [5.41, 5.74) is 0.249. The molecule has 3 fully saturated rings. The highest BCUT2D eigenvalue weighted by Crippen LogP contribution is 2.54. The normalized spacial score (nSPS) is 20.0. The highest BCUT2D eigenvalue weighted by Gasteiger charge is 2.46. The lowest BCUT2D eigenvalue weighted by Crippen LogP contribution is -2.43. The first-order valence-electron chi connectivity index (χ1n) is 13.6. The van der Waals surface area contributed by atoms with E-state index in [2.05, 4.69) is 19.9 Å². The molecule has 3 aliphatic rings. The van der Waals surface area contributed by atoms with Crippen LogP contribution in [0.25, 0.3) is 0 Å². The van der Waals surface area contributed by atoms with E-state index in [1.54, 1.807) is 39.8 Å². The monoisotopic (exact) mass is 570 g/mol. The molecule has 2 aromatic rings. The molecule has 1 saturated carbocycles. The van der Waals surface area contributed by atoms with E-state index in [-0.39, 0.29) is 17.2 Å². The number of carbonyl (C=O) groups is 2. The van der Waals surface area contributed by atoms with Crippen LogP contribution >= 0.6 is 0 Å². The Kier molecular flexibility index (Phi) is 6.85. The Labute approximate surface area is 235 Å². The van der Waals surface area contributed by atoms with E-state index in [9.17, 15) is 18.0 Å². The van der Waals surface area contributed by atoms with E-state index in [4.69, 9.17) is 9.72 Å². The maximum atomic E-state index is 13.6. The Morgan fingerprint density at radius 1 is 1.07 bits per heavy atom. The van der Waals surface area contributed by atoms with Gasteiger partial charge in [-0.05, 0) is 96.4 Å². The van der Waals surface area contributed by atoms with Crippen LogP contribution in [0.5, 0.6) is 0 Å². The molecule has 11 nitrogen and oxygen atoms in total. The van der Waals surface area contributed by atoms with Crippen LogP contribution in [-0.4, -0.2) is 61.2 Å². The van der Waals surface area contributed by atoms with Crippen LogP contribution < -0.4 is 19.8 Å². The van der Waals surface area contributed by atoms with Crippen LogP contribution in [0.3, 0.4) is 0 Å². The average Bonchev–Trinajstić information content (AvgIpc) is 3.53. The van der Waals surface area contributed by atoms with Gasteiger partial charge in [-0.15, -0.1) is 0 Å². The number of hydrogen-bond donors (Lipinski definition) is 2. The summed E-state index contributed by atoms with van der Waals surface area (Å²) in [4.78, 5) is 39.1. The van der Waals surface area contributed by atoms with Gasteiger partial charge in [0.05, 0.1) is 16.6 Å². The molecule has 1 aromatic heterocycles. The van der Waals surface area contributed by atoms with Crippen molar-refractivity contribution < 1.29 is 22.7 Å². The number of nitrogens with zero attached hydrogens (tertiary/aromatic N) is 4. The first-order valence-corrected chi connectivity index (χ1v) is 15.1. The molecule has 12 heteroatoms. The van der Waals surface area contributed by atoms with Crippen molar-refractivity contribution in [1.29, 1.82) is 0 Å². The second-order valence-corrected chi connectivity index (χ2v) is 14.6. The van der Waals surface area contributed by atoms with Gasteiger partial charge in [0.2, 0.25) is 10.0 Å². The molecular weight excluding hydrogens is 532 g/mol. The fourth-order valence-corrected chi connectivity index (χ4v) is 6.92. The van der Waals surface area contributed by atoms with E-state index < -0.39 is 33.1 Å². The van der Waals surface area contributed by atoms with Crippen LogP contribution in [0.15, 0.2) is 29.3 Å². The Balaban J connectivity index is 1.47. The van der Waals surface area contributed by atoms with Crippen molar-refractivity contribution in [3.63, 3.8) is 0 Å². The summed E-state index contributed by atoms with van der Waals surface area (Å²) in [5.74, 6) is 0.209. The summed E-state index contributed by atoms with van der Waals surface area (Å²) in [7, 11) is -3.81. The number of aromatic nitrogens is 2. The first-order chi connectivity index (χ1) is 18.6. The van der Waals surface area contributed by atoms with Crippen molar-refractivity contribution in [3.8, 4) is 0 Å². The SMILES string of the molecule is Cc1cc(NC(=O)c2ncc(N3C(=O)OCC3(C)C)nc2N2CCC3(CC2)CC3)cc(S(=O)(=O)NC(C)(C)C)c1. The number of hydrogen-bond acceptors (Lipinski definition) is 8. The van der Waals surface area contributed by atoms with Gasteiger partial charge >= 0.3 is 6.09 Å². The van der Waals surface area contributed by atoms with Gasteiger partial charge < -0.3 is 15.0 Å². The maximum absolute atomic E-state index is 13.6. The topological polar surface area (TPSA) is 134 Å². The van der Waals surface area contributed by atoms with Crippen LogP contribution in [0.1, 0.15) is 76.4 Å². The van der Waals surface area contributed by atoms with Gasteiger partial charge in [0.1, 0.15) is 6.61 Å². The fraction of sp³-hybridized carbons (Fsp3) is 0.571. The summed E-state index contributed by atoms with van der Waals surface area (Å²) in [6.45, 7) is 12.5. The second kappa shape index (κ2) is 9.69. The lowest BCUT2D eigenvalue weighted by atomic mass is 9.93. The molecule has 1 aliphatic carbocycles. The van der Waals surface area contributed by atoms with Gasteiger partial charge in [-0.2, -0.15) is 0 Å². The number of benzene rings is 1. The number of sulfonamides is 1. The minimum absolute atomic E-state index is 0.0555. The van der Waals surface area contributed by atoms with Crippen LogP contribution in [-0.2, 0) is 14.8 Å². The summed E-state index contributed by atoms with van der Waals surface area (Å²) in [5, 5.41) is 2.83. The highest BCUT2D eigenvalue weighted by atomic mass is 32.2. The number of rotatable bonds is 6. The number of piperidine rings is 1. The minimum Gasteiger partial charge on any atom is -0.447 e. The number of amides is 2. The zero-order chi connectivity index (χ0) is 29.1. The summed E-state index contributed by atoms with van der Waals surface area (Å²) >= 11 is 0. The Morgan fingerprint density at radius 3 is 2.33 bits per heavy atom. The predicted molar refractivity (Wildman–Crippen MR) is 152 cm³/mol. The number of carbonyl (C=O) groups excluding carboxylic acids is 2. The molecular formula is C28H38N6O5S. The molecule has 1 spiro atoms. The second-order valence-electron chi connectivity index (χ2n) is 12.9. The van der Waals surface area contributed by atoms with Gasteiger partial charge in [-0.1, -0.05) is 0 Å². The quantitative estimate of drug-likeness (QED) is 0.527. The zero-order valence-electron chi connectivity index (χ0n) is 24.0. The summed E-state index contributed by atoms with van der Waals surface area (Å²) < 4.78 is 33.9. The zero-order valence-corrected chi connectivity index (χ0v) is 24.8. The van der Waals surface area contributed by atoms with Crippen molar-refractivity contribution in [2.45, 2.75) is 83.2 Å². The van der Waals surface area contributed by atoms with Gasteiger partial charge in [-0.3, -0.25) is 9.69 Å². The molecule has 2 aliphatic heterocycles. The lowest BCUT2D eigenvalue weighted by molar-refractivity contribution is 0.102. The first kappa shape index (κ1) is 28.3. The Morgan fingerprint density at radius 2 is 1.75 bits per heavy atom. The maximum Gasteiger partial charge on any atom is 0.416 e. The van der Waals surface area contributed by atoms with Gasteiger partial charge in [-0.25, -0.2) is 27.9 Å². The number of ether oxygens (including phenoxy) is 1. The van der Waals surface area contributed by atoms with Crippen molar-refractivity contribution >= 4 is 39.3 Å². The third-order valence-electron chi connectivity index (χ3n) is 7.66. The molecule has 0 bridgehead atoms. The van der Waals surface area contributed by atoms with E-state index in [1.807, 2.05) is 13.8 Å². The van der Waals surface area contributed by atoms with Crippen LogP contribution in [0.2, 0.25) is 0 Å².